The van der Waals surface area contributed by atoms with Crippen LogP contribution in [0.25, 0.3) is 0 Å². The first-order chi connectivity index (χ1) is 14.4. The van der Waals surface area contributed by atoms with Gasteiger partial charge in [-0.25, -0.2) is 4.79 Å². The van der Waals surface area contributed by atoms with Gasteiger partial charge in [0.2, 0.25) is 0 Å². The lowest BCUT2D eigenvalue weighted by molar-refractivity contribution is -0.136. The van der Waals surface area contributed by atoms with Crippen molar-refractivity contribution >= 4 is 11.9 Å². The van der Waals surface area contributed by atoms with E-state index < -0.39 is 5.54 Å². The van der Waals surface area contributed by atoms with E-state index >= 15 is 0 Å². The third-order valence-electron chi connectivity index (χ3n) is 6.41. The number of carbonyl (C=O) groups excluding carboxylic acids is 2. The first kappa shape index (κ1) is 20.7. The van der Waals surface area contributed by atoms with Gasteiger partial charge in [0.25, 0.3) is 5.91 Å². The number of aryl methyl sites for hydroxylation is 1. The molecule has 6 heteroatoms. The number of imide groups is 1. The number of furan rings is 1. The molecule has 2 saturated heterocycles. The SMILES string of the molecule is Cc1ccc(CN2CCC3(CC2)C(=O)N(C(C)C)C(=O)N3CCc2ccccc2)o1. The second-order valence-electron chi connectivity index (χ2n) is 8.76. The molecule has 1 aromatic heterocycles. The maximum absolute atomic E-state index is 13.5. The van der Waals surface area contributed by atoms with Gasteiger partial charge in [0.05, 0.1) is 6.54 Å². The van der Waals surface area contributed by atoms with Crippen LogP contribution in [-0.4, -0.2) is 57.9 Å². The van der Waals surface area contributed by atoms with Gasteiger partial charge in [-0.15, -0.1) is 0 Å². The summed E-state index contributed by atoms with van der Waals surface area (Å²) in [6, 6.07) is 13.9. The van der Waals surface area contributed by atoms with E-state index in [0.717, 1.165) is 37.6 Å². The van der Waals surface area contributed by atoms with Crippen LogP contribution in [-0.2, 0) is 17.8 Å². The van der Waals surface area contributed by atoms with Crippen molar-refractivity contribution in [3.05, 3.63) is 59.5 Å². The van der Waals surface area contributed by atoms with Crippen LogP contribution in [0.3, 0.4) is 0 Å². The number of hydrogen-bond donors (Lipinski definition) is 0. The number of benzene rings is 1. The monoisotopic (exact) mass is 409 g/mol. The van der Waals surface area contributed by atoms with Crippen molar-refractivity contribution in [3.63, 3.8) is 0 Å². The molecule has 0 atom stereocenters. The number of rotatable bonds is 6. The first-order valence-corrected chi connectivity index (χ1v) is 10.9. The lowest BCUT2D eigenvalue weighted by atomic mass is 9.85. The number of piperidine rings is 1. The molecule has 0 unspecified atom stereocenters. The summed E-state index contributed by atoms with van der Waals surface area (Å²) in [7, 11) is 0. The molecule has 30 heavy (non-hydrogen) atoms. The topological polar surface area (TPSA) is 57.0 Å². The number of carbonyl (C=O) groups is 2. The third kappa shape index (κ3) is 3.76. The average molecular weight is 410 g/mol. The van der Waals surface area contributed by atoms with Gasteiger partial charge in [0, 0.05) is 25.7 Å². The standard InChI is InChI=1S/C24H31N3O3/c1-18(2)27-22(28)24(26(23(27)29)14-11-20-7-5-4-6-8-20)12-15-25(16-13-24)17-21-10-9-19(3)30-21/h4-10,18H,11-17H2,1-3H3. The molecule has 6 nitrogen and oxygen atoms in total. The first-order valence-electron chi connectivity index (χ1n) is 10.9. The Morgan fingerprint density at radius 3 is 2.33 bits per heavy atom. The van der Waals surface area contributed by atoms with E-state index in [1.165, 1.54) is 10.5 Å². The summed E-state index contributed by atoms with van der Waals surface area (Å²) >= 11 is 0. The predicted molar refractivity (Wildman–Crippen MR) is 115 cm³/mol. The van der Waals surface area contributed by atoms with Crippen molar-refractivity contribution in [2.75, 3.05) is 19.6 Å². The maximum atomic E-state index is 13.5. The Labute approximate surface area is 178 Å². The number of nitrogens with zero attached hydrogens (tertiary/aromatic N) is 3. The van der Waals surface area contributed by atoms with Gasteiger partial charge < -0.3 is 9.32 Å². The smallest absolute Gasteiger partial charge is 0.327 e. The molecule has 1 aromatic carbocycles. The van der Waals surface area contributed by atoms with Gasteiger partial charge in [-0.05, 0) is 57.7 Å². The highest BCUT2D eigenvalue weighted by Crippen LogP contribution is 2.38. The van der Waals surface area contributed by atoms with E-state index in [1.54, 1.807) is 0 Å². The van der Waals surface area contributed by atoms with Crippen molar-refractivity contribution < 1.29 is 14.0 Å². The molecule has 0 bridgehead atoms. The van der Waals surface area contributed by atoms with Gasteiger partial charge in [-0.1, -0.05) is 30.3 Å². The van der Waals surface area contributed by atoms with Crippen LogP contribution in [0.4, 0.5) is 4.79 Å². The van der Waals surface area contributed by atoms with Crippen molar-refractivity contribution in [2.45, 2.75) is 58.2 Å². The van der Waals surface area contributed by atoms with Gasteiger partial charge in [0.1, 0.15) is 17.1 Å². The molecule has 1 spiro atoms. The molecular weight excluding hydrogens is 378 g/mol. The number of urea groups is 1. The quantitative estimate of drug-likeness (QED) is 0.681. The van der Waals surface area contributed by atoms with Gasteiger partial charge >= 0.3 is 6.03 Å². The zero-order valence-electron chi connectivity index (χ0n) is 18.1. The number of amides is 3. The van der Waals surface area contributed by atoms with Crippen LogP contribution in [0.1, 0.15) is 43.8 Å². The lowest BCUT2D eigenvalue weighted by Gasteiger charge is -2.42. The van der Waals surface area contributed by atoms with E-state index in [9.17, 15) is 9.59 Å². The van der Waals surface area contributed by atoms with Crippen LogP contribution in [0.2, 0.25) is 0 Å². The van der Waals surface area contributed by atoms with Crippen LogP contribution in [0.15, 0.2) is 46.9 Å². The molecule has 0 radical (unpaired) electrons. The Morgan fingerprint density at radius 2 is 1.73 bits per heavy atom. The Kier molecular flexibility index (Phi) is 5.69. The largest absolute Gasteiger partial charge is 0.465 e. The van der Waals surface area contributed by atoms with E-state index in [1.807, 2.05) is 56.0 Å². The maximum Gasteiger partial charge on any atom is 0.327 e. The summed E-state index contributed by atoms with van der Waals surface area (Å²) < 4.78 is 5.72. The zero-order valence-corrected chi connectivity index (χ0v) is 18.1. The number of likely N-dealkylation sites (tertiary alicyclic amines) is 1. The van der Waals surface area contributed by atoms with Crippen LogP contribution in [0.5, 0.6) is 0 Å². The Hall–Kier alpha value is -2.60. The molecule has 2 aromatic rings. The zero-order chi connectivity index (χ0) is 21.3. The van der Waals surface area contributed by atoms with E-state index in [-0.39, 0.29) is 18.0 Å². The molecule has 3 heterocycles. The van der Waals surface area contributed by atoms with Gasteiger partial charge in [-0.3, -0.25) is 14.6 Å². The van der Waals surface area contributed by atoms with Gasteiger partial charge in [-0.2, -0.15) is 0 Å². The summed E-state index contributed by atoms with van der Waals surface area (Å²) in [4.78, 5) is 32.3. The lowest BCUT2D eigenvalue weighted by Crippen LogP contribution is -2.56. The summed E-state index contributed by atoms with van der Waals surface area (Å²) in [5, 5.41) is 0. The normalized spacial score (nSPS) is 19.5. The van der Waals surface area contributed by atoms with Crippen LogP contribution >= 0.6 is 0 Å². The van der Waals surface area contributed by atoms with Gasteiger partial charge in [0.15, 0.2) is 0 Å². The molecule has 4 rings (SSSR count). The second-order valence-corrected chi connectivity index (χ2v) is 8.76. The third-order valence-corrected chi connectivity index (χ3v) is 6.41. The highest BCUT2D eigenvalue weighted by atomic mass is 16.3. The average Bonchev–Trinajstić information content (AvgIpc) is 3.22. The van der Waals surface area contributed by atoms with E-state index in [4.69, 9.17) is 4.42 Å². The molecule has 0 saturated carbocycles. The molecule has 3 amide bonds. The summed E-state index contributed by atoms with van der Waals surface area (Å²) in [6.07, 6.45) is 2.08. The Balaban J connectivity index is 1.50. The second kappa shape index (κ2) is 8.26. The minimum atomic E-state index is -0.717. The van der Waals surface area contributed by atoms with Crippen LogP contribution < -0.4 is 0 Å². The summed E-state index contributed by atoms with van der Waals surface area (Å²) in [5.74, 6) is 1.83. The van der Waals surface area contributed by atoms with Crippen molar-refractivity contribution in [3.8, 4) is 0 Å². The molecule has 2 aliphatic rings. The molecule has 0 N–H and O–H groups in total. The summed E-state index contributed by atoms with van der Waals surface area (Å²) in [5.41, 5.74) is 0.465. The highest BCUT2D eigenvalue weighted by Gasteiger charge is 2.58. The minimum Gasteiger partial charge on any atom is -0.465 e. The van der Waals surface area contributed by atoms with Crippen molar-refractivity contribution in [1.29, 1.82) is 0 Å². The van der Waals surface area contributed by atoms with E-state index in [2.05, 4.69) is 17.0 Å². The molecular formula is C24H31N3O3. The Morgan fingerprint density at radius 1 is 1.03 bits per heavy atom. The van der Waals surface area contributed by atoms with Crippen molar-refractivity contribution in [2.24, 2.45) is 0 Å². The predicted octanol–water partition coefficient (Wildman–Crippen LogP) is 3.84. The summed E-state index contributed by atoms with van der Waals surface area (Å²) in [6.45, 7) is 8.62. The Bertz CT molecular complexity index is 897. The molecule has 0 aliphatic carbocycles. The number of hydrogen-bond acceptors (Lipinski definition) is 4. The fraction of sp³-hybridized carbons (Fsp3) is 0.500. The van der Waals surface area contributed by atoms with Crippen molar-refractivity contribution in [1.82, 2.24) is 14.7 Å². The highest BCUT2D eigenvalue weighted by molar-refractivity contribution is 6.07. The fourth-order valence-electron chi connectivity index (χ4n) is 4.75. The fourth-order valence-corrected chi connectivity index (χ4v) is 4.75. The molecule has 2 aliphatic heterocycles. The minimum absolute atomic E-state index is 0.0240. The molecule has 160 valence electrons. The molecule has 2 fully saturated rings. The van der Waals surface area contributed by atoms with Crippen LogP contribution in [0, 0.1) is 6.92 Å². The van der Waals surface area contributed by atoms with E-state index in [0.29, 0.717) is 19.4 Å².